The van der Waals surface area contributed by atoms with Crippen LogP contribution in [0.5, 0.6) is 0 Å². The van der Waals surface area contributed by atoms with E-state index in [1.54, 1.807) is 6.20 Å². The van der Waals surface area contributed by atoms with Gasteiger partial charge in [-0.05, 0) is 38.7 Å². The minimum Gasteiger partial charge on any atom is -0.385 e. The van der Waals surface area contributed by atoms with E-state index in [0.717, 1.165) is 17.7 Å². The molecule has 19 heavy (non-hydrogen) atoms. The summed E-state index contributed by atoms with van der Waals surface area (Å²) in [6, 6.07) is 3.74. The Labute approximate surface area is 113 Å². The van der Waals surface area contributed by atoms with Crippen molar-refractivity contribution in [1.29, 1.82) is 0 Å². The van der Waals surface area contributed by atoms with Gasteiger partial charge < -0.3 is 5.11 Å². The maximum atomic E-state index is 12.2. The molecule has 2 saturated heterocycles. The molecule has 1 aromatic heterocycles. The van der Waals surface area contributed by atoms with Gasteiger partial charge in [0.15, 0.2) is 9.84 Å². The second-order valence-electron chi connectivity index (χ2n) is 5.89. The molecule has 1 aromatic rings. The third-order valence-electron chi connectivity index (χ3n) is 4.56. The second-order valence-corrected chi connectivity index (χ2v) is 8.40. The van der Waals surface area contributed by atoms with Crippen molar-refractivity contribution in [1.82, 2.24) is 4.98 Å². The van der Waals surface area contributed by atoms with E-state index in [0.29, 0.717) is 25.7 Å². The van der Waals surface area contributed by atoms with Gasteiger partial charge in [0.1, 0.15) is 0 Å². The lowest BCUT2D eigenvalue weighted by Crippen LogP contribution is -2.50. The monoisotopic (exact) mass is 281 g/mol. The molecule has 2 unspecified atom stereocenters. The van der Waals surface area contributed by atoms with Crippen LogP contribution >= 0.6 is 0 Å². The van der Waals surface area contributed by atoms with Crippen LogP contribution < -0.4 is 0 Å². The molecule has 0 spiro atoms. The number of fused-ring (bicyclic) bond motifs is 2. The van der Waals surface area contributed by atoms with Gasteiger partial charge in [0.05, 0.1) is 16.1 Å². The van der Waals surface area contributed by atoms with Crippen LogP contribution in [0.1, 0.15) is 43.4 Å². The number of aryl methyl sites for hydroxylation is 1. The van der Waals surface area contributed by atoms with Gasteiger partial charge >= 0.3 is 0 Å². The lowest BCUT2D eigenvalue weighted by molar-refractivity contribution is 0.00469. The molecule has 2 atom stereocenters. The zero-order valence-electron chi connectivity index (χ0n) is 11.0. The number of pyridine rings is 1. The molecule has 0 aromatic carbocycles. The molecular formula is C14H19NO3S. The fraction of sp³-hybridized carbons (Fsp3) is 0.643. The maximum absolute atomic E-state index is 12.2. The Morgan fingerprint density at radius 2 is 1.89 bits per heavy atom. The van der Waals surface area contributed by atoms with Crippen molar-refractivity contribution in [2.24, 2.45) is 0 Å². The molecule has 104 valence electrons. The summed E-state index contributed by atoms with van der Waals surface area (Å²) >= 11 is 0. The highest BCUT2D eigenvalue weighted by atomic mass is 32.2. The number of rotatable bonds is 1. The number of hydrogen-bond donors (Lipinski definition) is 1. The van der Waals surface area contributed by atoms with Crippen LogP contribution in [0.15, 0.2) is 18.3 Å². The minimum absolute atomic E-state index is 0.316. The zero-order valence-corrected chi connectivity index (χ0v) is 11.9. The van der Waals surface area contributed by atoms with Crippen LogP contribution in [-0.2, 0) is 15.4 Å². The van der Waals surface area contributed by atoms with Crippen LogP contribution in [-0.4, -0.2) is 29.0 Å². The summed E-state index contributed by atoms with van der Waals surface area (Å²) in [5.74, 6) is 0. The Hall–Kier alpha value is -0.940. The first-order valence-corrected chi connectivity index (χ1v) is 8.41. The van der Waals surface area contributed by atoms with E-state index in [9.17, 15) is 13.5 Å². The molecule has 0 saturated carbocycles. The highest BCUT2D eigenvalue weighted by Crippen LogP contribution is 2.45. The molecule has 4 nitrogen and oxygen atoms in total. The topological polar surface area (TPSA) is 67.3 Å². The molecule has 3 rings (SSSR count). The normalized spacial score (nSPS) is 36.9. The number of sulfone groups is 1. The molecule has 2 aliphatic heterocycles. The standard InChI is InChI=1S/C14H19NO3S/c1-10-5-6-11(9-15-10)14(16)7-12-3-2-4-13(8-14)19(12,17)18/h5-6,9,12-13,16H,2-4,7-8H2,1H3. The summed E-state index contributed by atoms with van der Waals surface area (Å²) in [6.07, 6.45) is 4.63. The number of nitrogens with zero attached hydrogens (tertiary/aromatic N) is 1. The third kappa shape index (κ3) is 2.09. The maximum Gasteiger partial charge on any atom is 0.156 e. The van der Waals surface area contributed by atoms with Crippen molar-refractivity contribution < 1.29 is 13.5 Å². The Morgan fingerprint density at radius 1 is 1.26 bits per heavy atom. The van der Waals surface area contributed by atoms with Crippen LogP contribution in [0, 0.1) is 6.92 Å². The van der Waals surface area contributed by atoms with Gasteiger partial charge in [-0.2, -0.15) is 0 Å². The Kier molecular flexibility index (Phi) is 2.94. The van der Waals surface area contributed by atoms with E-state index < -0.39 is 15.4 Å². The summed E-state index contributed by atoms with van der Waals surface area (Å²) in [6.45, 7) is 1.90. The van der Waals surface area contributed by atoms with E-state index in [1.807, 2.05) is 19.1 Å². The highest BCUT2D eigenvalue weighted by molar-refractivity contribution is 7.92. The summed E-state index contributed by atoms with van der Waals surface area (Å²) in [5.41, 5.74) is 0.628. The molecule has 2 bridgehead atoms. The van der Waals surface area contributed by atoms with E-state index in [2.05, 4.69) is 4.98 Å². The van der Waals surface area contributed by atoms with E-state index >= 15 is 0 Å². The molecule has 5 heteroatoms. The minimum atomic E-state index is -3.03. The first-order chi connectivity index (χ1) is 8.92. The summed E-state index contributed by atoms with van der Waals surface area (Å²) in [4.78, 5) is 4.22. The van der Waals surface area contributed by atoms with Crippen molar-refractivity contribution in [3.63, 3.8) is 0 Å². The summed E-state index contributed by atoms with van der Waals surface area (Å²) in [7, 11) is -3.03. The van der Waals surface area contributed by atoms with Crippen LogP contribution in [0.3, 0.4) is 0 Å². The molecule has 0 radical (unpaired) electrons. The fourth-order valence-corrected chi connectivity index (χ4v) is 5.98. The first kappa shape index (κ1) is 13.1. The second kappa shape index (κ2) is 4.28. The predicted octanol–water partition coefficient (Wildman–Crippen LogP) is 1.71. The number of aromatic nitrogens is 1. The van der Waals surface area contributed by atoms with Crippen molar-refractivity contribution in [2.45, 2.75) is 55.1 Å². The van der Waals surface area contributed by atoms with Gasteiger partial charge in [-0.15, -0.1) is 0 Å². The zero-order chi connectivity index (χ0) is 13.7. The van der Waals surface area contributed by atoms with Crippen LogP contribution in [0.4, 0.5) is 0 Å². The lowest BCUT2D eigenvalue weighted by atomic mass is 9.81. The van der Waals surface area contributed by atoms with Gasteiger partial charge in [0, 0.05) is 17.5 Å². The van der Waals surface area contributed by atoms with Gasteiger partial charge in [-0.25, -0.2) is 8.42 Å². The Morgan fingerprint density at radius 3 is 2.42 bits per heavy atom. The van der Waals surface area contributed by atoms with Crippen LogP contribution in [0.25, 0.3) is 0 Å². The van der Waals surface area contributed by atoms with Gasteiger partial charge in [-0.3, -0.25) is 4.98 Å². The molecule has 2 aliphatic rings. The predicted molar refractivity (Wildman–Crippen MR) is 72.5 cm³/mol. The molecule has 1 N–H and O–H groups in total. The van der Waals surface area contributed by atoms with E-state index in [4.69, 9.17) is 0 Å². The van der Waals surface area contributed by atoms with Crippen molar-refractivity contribution in [3.8, 4) is 0 Å². The number of aliphatic hydroxyl groups is 1. The molecule has 0 aliphatic carbocycles. The molecular weight excluding hydrogens is 262 g/mol. The van der Waals surface area contributed by atoms with Crippen molar-refractivity contribution in [3.05, 3.63) is 29.6 Å². The number of hydrogen-bond acceptors (Lipinski definition) is 4. The van der Waals surface area contributed by atoms with Crippen molar-refractivity contribution in [2.75, 3.05) is 0 Å². The third-order valence-corrected chi connectivity index (χ3v) is 7.22. The Bertz CT molecular complexity index is 559. The average molecular weight is 281 g/mol. The van der Waals surface area contributed by atoms with Gasteiger partial charge in [0.2, 0.25) is 0 Å². The lowest BCUT2D eigenvalue weighted by Gasteiger charge is -2.43. The van der Waals surface area contributed by atoms with Gasteiger partial charge in [-0.1, -0.05) is 12.5 Å². The van der Waals surface area contributed by atoms with Gasteiger partial charge in [0.25, 0.3) is 0 Å². The Balaban J connectivity index is 1.97. The smallest absolute Gasteiger partial charge is 0.156 e. The van der Waals surface area contributed by atoms with E-state index in [1.165, 1.54) is 0 Å². The summed E-state index contributed by atoms with van der Waals surface area (Å²) in [5, 5.41) is 10.1. The van der Waals surface area contributed by atoms with E-state index in [-0.39, 0.29) is 10.5 Å². The average Bonchev–Trinajstić information content (AvgIpc) is 2.32. The van der Waals surface area contributed by atoms with Crippen LogP contribution in [0.2, 0.25) is 0 Å². The molecule has 0 amide bonds. The molecule has 3 heterocycles. The SMILES string of the molecule is Cc1ccc(C2(O)CC3CCCC(C2)S3(=O)=O)cn1. The first-order valence-electron chi connectivity index (χ1n) is 6.80. The quantitative estimate of drug-likeness (QED) is 0.851. The highest BCUT2D eigenvalue weighted by Gasteiger charge is 2.50. The fourth-order valence-electron chi connectivity index (χ4n) is 3.43. The molecule has 2 fully saturated rings. The van der Waals surface area contributed by atoms with Crippen molar-refractivity contribution >= 4 is 9.84 Å². The summed E-state index contributed by atoms with van der Waals surface area (Å²) < 4.78 is 24.5. The largest absolute Gasteiger partial charge is 0.385 e.